The number of ketones is 1. The molecule has 1 unspecified atom stereocenters. The number of fused-ring (bicyclic) bond motifs is 1. The van der Waals surface area contributed by atoms with Crippen molar-refractivity contribution in [3.05, 3.63) is 59.4 Å². The minimum absolute atomic E-state index is 0.0864. The predicted molar refractivity (Wildman–Crippen MR) is 95.6 cm³/mol. The molecule has 25 heavy (non-hydrogen) atoms. The van der Waals surface area contributed by atoms with E-state index in [1.54, 1.807) is 24.5 Å². The van der Waals surface area contributed by atoms with E-state index in [-0.39, 0.29) is 11.0 Å². The molecule has 1 aliphatic carbocycles. The monoisotopic (exact) mass is 351 g/mol. The van der Waals surface area contributed by atoms with Crippen LogP contribution >= 0.6 is 11.8 Å². The zero-order chi connectivity index (χ0) is 17.2. The molecule has 0 spiro atoms. The molecule has 1 aromatic carbocycles. The molecule has 0 saturated carbocycles. The van der Waals surface area contributed by atoms with Crippen LogP contribution in [0.2, 0.25) is 0 Å². The van der Waals surface area contributed by atoms with E-state index in [1.165, 1.54) is 29.3 Å². The Kier molecular flexibility index (Phi) is 4.36. The molecule has 0 saturated heterocycles. The van der Waals surface area contributed by atoms with Crippen molar-refractivity contribution in [3.8, 4) is 11.5 Å². The van der Waals surface area contributed by atoms with Gasteiger partial charge in [0.2, 0.25) is 5.89 Å². The third-order valence-corrected chi connectivity index (χ3v) is 5.30. The van der Waals surface area contributed by atoms with Crippen LogP contribution in [0.4, 0.5) is 0 Å². The largest absolute Gasteiger partial charge is 0.411 e. The molecule has 0 aliphatic heterocycles. The lowest BCUT2D eigenvalue weighted by molar-refractivity contribution is 0.0993. The van der Waals surface area contributed by atoms with Gasteiger partial charge in [-0.3, -0.25) is 9.78 Å². The van der Waals surface area contributed by atoms with Crippen molar-refractivity contribution < 1.29 is 9.21 Å². The standard InChI is InChI=1S/C19H17N3O2S/c1-12(17(23)16-6-5-13-3-2-4-15(13)11-16)25-19-22-21-18(24-19)14-7-9-20-10-8-14/h5-12H,2-4H2,1H3. The molecular formula is C19H17N3O2S. The number of aromatic nitrogens is 3. The normalized spacial score (nSPS) is 14.3. The summed E-state index contributed by atoms with van der Waals surface area (Å²) in [5.74, 6) is 0.519. The molecule has 0 radical (unpaired) electrons. The van der Waals surface area contributed by atoms with Crippen LogP contribution in [-0.2, 0) is 12.8 Å². The van der Waals surface area contributed by atoms with Crippen molar-refractivity contribution in [1.29, 1.82) is 0 Å². The van der Waals surface area contributed by atoms with E-state index in [2.05, 4.69) is 21.2 Å². The highest BCUT2D eigenvalue weighted by Crippen LogP contribution is 2.29. The average Bonchev–Trinajstić information content (AvgIpc) is 3.30. The second kappa shape index (κ2) is 6.80. The molecule has 5 nitrogen and oxygen atoms in total. The van der Waals surface area contributed by atoms with E-state index < -0.39 is 0 Å². The maximum absolute atomic E-state index is 12.7. The Balaban J connectivity index is 1.47. The summed E-state index contributed by atoms with van der Waals surface area (Å²) < 4.78 is 5.66. The number of hydrogen-bond acceptors (Lipinski definition) is 6. The molecule has 0 fully saturated rings. The lowest BCUT2D eigenvalue weighted by Crippen LogP contribution is -2.13. The van der Waals surface area contributed by atoms with Gasteiger partial charge in [-0.1, -0.05) is 23.9 Å². The summed E-state index contributed by atoms with van der Waals surface area (Å²) in [6.45, 7) is 1.87. The lowest BCUT2D eigenvalue weighted by Gasteiger charge is -2.09. The first-order chi connectivity index (χ1) is 12.2. The Morgan fingerprint density at radius 3 is 2.76 bits per heavy atom. The first-order valence-corrected chi connectivity index (χ1v) is 9.15. The van der Waals surface area contributed by atoms with E-state index in [1.807, 2.05) is 19.1 Å². The van der Waals surface area contributed by atoms with Crippen LogP contribution in [0.5, 0.6) is 0 Å². The minimum Gasteiger partial charge on any atom is -0.411 e. The van der Waals surface area contributed by atoms with Gasteiger partial charge in [0, 0.05) is 23.5 Å². The molecule has 0 amide bonds. The van der Waals surface area contributed by atoms with Crippen molar-refractivity contribution in [2.24, 2.45) is 0 Å². The highest BCUT2D eigenvalue weighted by molar-refractivity contribution is 8.00. The van der Waals surface area contributed by atoms with Crippen LogP contribution in [0.15, 0.2) is 52.4 Å². The molecule has 0 N–H and O–H groups in total. The van der Waals surface area contributed by atoms with Crippen molar-refractivity contribution >= 4 is 17.5 Å². The number of hydrogen-bond donors (Lipinski definition) is 0. The number of aryl methyl sites for hydroxylation is 2. The Labute approximate surface area is 149 Å². The maximum Gasteiger partial charge on any atom is 0.277 e. The number of nitrogens with zero attached hydrogens (tertiary/aromatic N) is 3. The molecule has 3 aromatic rings. The van der Waals surface area contributed by atoms with Gasteiger partial charge in [0.25, 0.3) is 5.22 Å². The highest BCUT2D eigenvalue weighted by Gasteiger charge is 2.21. The van der Waals surface area contributed by atoms with Crippen LogP contribution in [0.1, 0.15) is 34.8 Å². The van der Waals surface area contributed by atoms with Gasteiger partial charge in [0.05, 0.1) is 5.25 Å². The van der Waals surface area contributed by atoms with Crippen molar-refractivity contribution in [3.63, 3.8) is 0 Å². The first kappa shape index (κ1) is 16.0. The fourth-order valence-electron chi connectivity index (χ4n) is 3.03. The molecule has 1 aliphatic rings. The lowest BCUT2D eigenvalue weighted by atomic mass is 10.0. The summed E-state index contributed by atoms with van der Waals surface area (Å²) in [5, 5.41) is 8.19. The summed E-state index contributed by atoms with van der Waals surface area (Å²) in [6, 6.07) is 9.67. The molecule has 6 heteroatoms. The Bertz CT molecular complexity index is 908. The van der Waals surface area contributed by atoms with E-state index >= 15 is 0 Å². The van der Waals surface area contributed by atoms with E-state index in [0.717, 1.165) is 24.0 Å². The average molecular weight is 351 g/mol. The third kappa shape index (κ3) is 3.35. The zero-order valence-electron chi connectivity index (χ0n) is 13.8. The minimum atomic E-state index is -0.287. The number of carbonyl (C=O) groups excluding carboxylic acids is 1. The summed E-state index contributed by atoms with van der Waals surface area (Å²) >= 11 is 1.29. The van der Waals surface area contributed by atoms with Gasteiger partial charge in [-0.05, 0) is 55.5 Å². The number of carbonyl (C=O) groups is 1. The molecule has 2 heterocycles. The fraction of sp³-hybridized carbons (Fsp3) is 0.263. The number of Topliss-reactive ketones (excluding diaryl/α,β-unsaturated/α-hetero) is 1. The summed E-state index contributed by atoms with van der Waals surface area (Å²) in [4.78, 5) is 16.7. The predicted octanol–water partition coefficient (Wildman–Crippen LogP) is 3.98. The molecule has 2 aromatic heterocycles. The van der Waals surface area contributed by atoms with Gasteiger partial charge < -0.3 is 4.42 Å². The Morgan fingerprint density at radius 2 is 1.92 bits per heavy atom. The van der Waals surface area contributed by atoms with Gasteiger partial charge in [-0.25, -0.2) is 0 Å². The zero-order valence-corrected chi connectivity index (χ0v) is 14.6. The number of thioether (sulfide) groups is 1. The number of pyridine rings is 1. The van der Waals surface area contributed by atoms with Crippen molar-refractivity contribution in [2.75, 3.05) is 0 Å². The second-order valence-corrected chi connectivity index (χ2v) is 7.36. The quantitative estimate of drug-likeness (QED) is 0.511. The van der Waals surface area contributed by atoms with Gasteiger partial charge in [-0.2, -0.15) is 0 Å². The van der Waals surface area contributed by atoms with Crippen LogP contribution in [0.25, 0.3) is 11.5 Å². The highest BCUT2D eigenvalue weighted by atomic mass is 32.2. The van der Waals surface area contributed by atoms with E-state index in [0.29, 0.717) is 11.1 Å². The van der Waals surface area contributed by atoms with E-state index in [4.69, 9.17) is 4.42 Å². The van der Waals surface area contributed by atoms with Crippen LogP contribution < -0.4 is 0 Å². The number of benzene rings is 1. The van der Waals surface area contributed by atoms with Gasteiger partial charge in [-0.15, -0.1) is 10.2 Å². The first-order valence-electron chi connectivity index (χ1n) is 8.27. The SMILES string of the molecule is CC(Sc1nnc(-c2ccncc2)o1)C(=O)c1ccc2c(c1)CCC2. The Morgan fingerprint density at radius 1 is 1.12 bits per heavy atom. The van der Waals surface area contributed by atoms with Crippen molar-refractivity contribution in [2.45, 2.75) is 36.7 Å². The molecular weight excluding hydrogens is 334 g/mol. The van der Waals surface area contributed by atoms with Crippen LogP contribution in [-0.4, -0.2) is 26.2 Å². The van der Waals surface area contributed by atoms with Gasteiger partial charge in [0.15, 0.2) is 5.78 Å². The van der Waals surface area contributed by atoms with Gasteiger partial charge in [0.1, 0.15) is 0 Å². The van der Waals surface area contributed by atoms with Crippen LogP contribution in [0, 0.1) is 0 Å². The summed E-state index contributed by atoms with van der Waals surface area (Å²) in [6.07, 6.45) is 6.71. The summed E-state index contributed by atoms with van der Waals surface area (Å²) in [5.41, 5.74) is 4.25. The molecule has 126 valence electrons. The Hall–Kier alpha value is -2.47. The molecule has 1 atom stereocenters. The summed E-state index contributed by atoms with van der Waals surface area (Å²) in [7, 11) is 0. The van der Waals surface area contributed by atoms with Gasteiger partial charge >= 0.3 is 0 Å². The molecule has 4 rings (SSSR count). The van der Waals surface area contributed by atoms with Crippen molar-refractivity contribution in [1.82, 2.24) is 15.2 Å². The smallest absolute Gasteiger partial charge is 0.277 e. The number of rotatable bonds is 5. The second-order valence-electron chi connectivity index (χ2n) is 6.07. The fourth-order valence-corrected chi connectivity index (χ4v) is 3.79. The maximum atomic E-state index is 12.7. The van der Waals surface area contributed by atoms with E-state index in [9.17, 15) is 4.79 Å². The topological polar surface area (TPSA) is 68.9 Å². The third-order valence-electron chi connectivity index (χ3n) is 4.36. The molecule has 0 bridgehead atoms. The van der Waals surface area contributed by atoms with Crippen LogP contribution in [0.3, 0.4) is 0 Å².